The van der Waals surface area contributed by atoms with E-state index in [9.17, 15) is 14.0 Å². The van der Waals surface area contributed by atoms with Crippen molar-refractivity contribution in [1.82, 2.24) is 15.2 Å². The number of aromatic nitrogens is 1. The standard InChI is InChI=1S/C21H22FN3O2/c1-15(26)25(13-17-6-2-4-8-19(17)22)14-21(27)23-11-10-16-12-24-20-9-5-3-7-18(16)20/h2-9,12,24H,10-11,13-14H2,1H3,(H,23,27). The van der Waals surface area contributed by atoms with E-state index in [1.54, 1.807) is 18.2 Å². The van der Waals surface area contributed by atoms with Gasteiger partial charge in [0.1, 0.15) is 5.82 Å². The fourth-order valence-corrected chi connectivity index (χ4v) is 3.02. The molecular weight excluding hydrogens is 345 g/mol. The molecule has 3 aromatic rings. The molecule has 2 N–H and O–H groups in total. The van der Waals surface area contributed by atoms with Crippen LogP contribution in [0.5, 0.6) is 0 Å². The zero-order valence-electron chi connectivity index (χ0n) is 15.2. The first-order chi connectivity index (χ1) is 13.0. The van der Waals surface area contributed by atoms with Gasteiger partial charge in [0.25, 0.3) is 0 Å². The van der Waals surface area contributed by atoms with Crippen molar-refractivity contribution in [2.75, 3.05) is 13.1 Å². The van der Waals surface area contributed by atoms with E-state index < -0.39 is 0 Å². The van der Waals surface area contributed by atoms with Crippen LogP contribution in [0, 0.1) is 5.82 Å². The first-order valence-electron chi connectivity index (χ1n) is 8.85. The summed E-state index contributed by atoms with van der Waals surface area (Å²) in [6.07, 6.45) is 2.63. The number of carbonyl (C=O) groups excluding carboxylic acids is 2. The van der Waals surface area contributed by atoms with E-state index in [1.165, 1.54) is 17.9 Å². The molecule has 6 heteroatoms. The summed E-state index contributed by atoms with van der Waals surface area (Å²) in [7, 11) is 0. The molecule has 1 aromatic heterocycles. The van der Waals surface area contributed by atoms with Crippen LogP contribution in [-0.2, 0) is 22.6 Å². The fourth-order valence-electron chi connectivity index (χ4n) is 3.02. The third-order valence-corrected chi connectivity index (χ3v) is 4.49. The number of fused-ring (bicyclic) bond motifs is 1. The Kier molecular flexibility index (Phi) is 5.86. The molecule has 2 aromatic carbocycles. The van der Waals surface area contributed by atoms with Crippen LogP contribution in [0.1, 0.15) is 18.1 Å². The summed E-state index contributed by atoms with van der Waals surface area (Å²) in [5.41, 5.74) is 2.58. The van der Waals surface area contributed by atoms with Crippen LogP contribution in [0.15, 0.2) is 54.7 Å². The van der Waals surface area contributed by atoms with Crippen LogP contribution < -0.4 is 5.32 Å². The number of carbonyl (C=O) groups is 2. The number of benzene rings is 2. The lowest BCUT2D eigenvalue weighted by atomic mass is 10.1. The SMILES string of the molecule is CC(=O)N(CC(=O)NCCc1c[nH]c2ccccc12)Cc1ccccc1F. The predicted molar refractivity (Wildman–Crippen MR) is 103 cm³/mol. The minimum absolute atomic E-state index is 0.0673. The average molecular weight is 367 g/mol. The molecule has 0 fully saturated rings. The molecule has 0 unspecified atom stereocenters. The maximum Gasteiger partial charge on any atom is 0.239 e. The average Bonchev–Trinajstić information content (AvgIpc) is 3.06. The van der Waals surface area contributed by atoms with E-state index in [2.05, 4.69) is 10.3 Å². The molecule has 5 nitrogen and oxygen atoms in total. The summed E-state index contributed by atoms with van der Waals surface area (Å²) in [5.74, 6) is -0.921. The van der Waals surface area contributed by atoms with Gasteiger partial charge in [0.2, 0.25) is 11.8 Å². The van der Waals surface area contributed by atoms with E-state index in [0.29, 0.717) is 18.5 Å². The van der Waals surface area contributed by atoms with Gasteiger partial charge < -0.3 is 15.2 Å². The first-order valence-corrected chi connectivity index (χ1v) is 8.85. The van der Waals surface area contributed by atoms with Crippen molar-refractivity contribution >= 4 is 22.7 Å². The van der Waals surface area contributed by atoms with Crippen LogP contribution in [0.3, 0.4) is 0 Å². The Morgan fingerprint density at radius 1 is 1.07 bits per heavy atom. The van der Waals surface area contributed by atoms with Crippen molar-refractivity contribution in [3.63, 3.8) is 0 Å². The Balaban J connectivity index is 1.53. The highest BCUT2D eigenvalue weighted by atomic mass is 19.1. The number of nitrogens with one attached hydrogen (secondary N) is 2. The Morgan fingerprint density at radius 2 is 1.81 bits per heavy atom. The normalized spacial score (nSPS) is 10.7. The number of nitrogens with zero attached hydrogens (tertiary/aromatic N) is 1. The van der Waals surface area contributed by atoms with Crippen LogP contribution in [0.2, 0.25) is 0 Å². The summed E-state index contributed by atoms with van der Waals surface area (Å²) in [4.78, 5) is 28.6. The number of rotatable bonds is 7. The lowest BCUT2D eigenvalue weighted by Crippen LogP contribution is -2.40. The van der Waals surface area contributed by atoms with E-state index in [1.807, 2.05) is 30.5 Å². The lowest BCUT2D eigenvalue weighted by molar-refractivity contribution is -0.134. The van der Waals surface area contributed by atoms with Gasteiger partial charge in [-0.3, -0.25) is 9.59 Å². The van der Waals surface area contributed by atoms with Crippen molar-refractivity contribution in [3.8, 4) is 0 Å². The molecular formula is C21H22FN3O2. The van der Waals surface area contributed by atoms with Gasteiger partial charge in [0, 0.05) is 42.7 Å². The largest absolute Gasteiger partial charge is 0.361 e. The molecule has 2 amide bonds. The number of hydrogen-bond acceptors (Lipinski definition) is 2. The topological polar surface area (TPSA) is 65.2 Å². The van der Waals surface area contributed by atoms with E-state index in [-0.39, 0.29) is 30.7 Å². The molecule has 0 radical (unpaired) electrons. The Bertz CT molecular complexity index is 951. The van der Waals surface area contributed by atoms with Crippen LogP contribution in [0.4, 0.5) is 4.39 Å². The summed E-state index contributed by atoms with van der Waals surface area (Å²) in [5, 5.41) is 3.97. The van der Waals surface area contributed by atoms with Gasteiger partial charge in [-0.25, -0.2) is 4.39 Å². The van der Waals surface area contributed by atoms with Crippen LogP contribution in [-0.4, -0.2) is 34.8 Å². The molecule has 0 saturated carbocycles. The third kappa shape index (κ3) is 4.73. The second kappa shape index (κ2) is 8.49. The molecule has 0 aliphatic heterocycles. The zero-order chi connectivity index (χ0) is 19.2. The number of para-hydroxylation sites is 1. The Morgan fingerprint density at radius 3 is 2.59 bits per heavy atom. The number of aromatic amines is 1. The maximum absolute atomic E-state index is 13.8. The minimum atomic E-state index is -0.386. The molecule has 140 valence electrons. The van der Waals surface area contributed by atoms with Gasteiger partial charge >= 0.3 is 0 Å². The summed E-state index contributed by atoms with van der Waals surface area (Å²) >= 11 is 0. The molecule has 27 heavy (non-hydrogen) atoms. The second-order valence-corrected chi connectivity index (χ2v) is 6.43. The number of halogens is 1. The van der Waals surface area contributed by atoms with Crippen molar-refractivity contribution in [3.05, 3.63) is 71.7 Å². The van der Waals surface area contributed by atoms with Crippen molar-refractivity contribution in [2.24, 2.45) is 0 Å². The lowest BCUT2D eigenvalue weighted by Gasteiger charge is -2.21. The second-order valence-electron chi connectivity index (χ2n) is 6.43. The van der Waals surface area contributed by atoms with Gasteiger partial charge in [-0.05, 0) is 24.1 Å². The number of H-pyrrole nitrogens is 1. The number of amides is 2. The van der Waals surface area contributed by atoms with Crippen molar-refractivity contribution in [2.45, 2.75) is 19.9 Å². The highest BCUT2D eigenvalue weighted by molar-refractivity contribution is 5.84. The van der Waals surface area contributed by atoms with E-state index in [4.69, 9.17) is 0 Å². The van der Waals surface area contributed by atoms with Crippen LogP contribution in [0.25, 0.3) is 10.9 Å². The Labute approximate surface area is 157 Å². The van der Waals surface area contributed by atoms with Gasteiger partial charge in [-0.2, -0.15) is 0 Å². The minimum Gasteiger partial charge on any atom is -0.361 e. The van der Waals surface area contributed by atoms with Crippen molar-refractivity contribution in [1.29, 1.82) is 0 Å². The Hall–Kier alpha value is -3.15. The first kappa shape index (κ1) is 18.6. The predicted octanol–water partition coefficient (Wildman–Crippen LogP) is 3.01. The number of hydrogen-bond donors (Lipinski definition) is 2. The molecule has 0 saturated heterocycles. The van der Waals surface area contributed by atoms with Gasteiger partial charge in [0.05, 0.1) is 6.54 Å². The molecule has 0 spiro atoms. The summed E-state index contributed by atoms with van der Waals surface area (Å²) < 4.78 is 13.8. The smallest absolute Gasteiger partial charge is 0.239 e. The molecule has 1 heterocycles. The summed E-state index contributed by atoms with van der Waals surface area (Å²) in [6.45, 7) is 1.81. The van der Waals surface area contributed by atoms with Crippen LogP contribution >= 0.6 is 0 Å². The van der Waals surface area contributed by atoms with E-state index in [0.717, 1.165) is 16.5 Å². The highest BCUT2D eigenvalue weighted by Crippen LogP contribution is 2.17. The molecule has 3 rings (SSSR count). The van der Waals surface area contributed by atoms with Gasteiger partial charge in [-0.1, -0.05) is 36.4 Å². The van der Waals surface area contributed by atoms with E-state index >= 15 is 0 Å². The molecule has 0 aliphatic rings. The fraction of sp³-hybridized carbons (Fsp3) is 0.238. The zero-order valence-corrected chi connectivity index (χ0v) is 15.2. The highest BCUT2D eigenvalue weighted by Gasteiger charge is 2.15. The molecule has 0 aliphatic carbocycles. The quantitative estimate of drug-likeness (QED) is 0.674. The van der Waals surface area contributed by atoms with Gasteiger partial charge in [0.15, 0.2) is 0 Å². The third-order valence-electron chi connectivity index (χ3n) is 4.49. The van der Waals surface area contributed by atoms with Crippen molar-refractivity contribution < 1.29 is 14.0 Å². The summed E-state index contributed by atoms with van der Waals surface area (Å²) in [6, 6.07) is 14.2. The van der Waals surface area contributed by atoms with Gasteiger partial charge in [-0.15, -0.1) is 0 Å². The maximum atomic E-state index is 13.8. The molecule has 0 bridgehead atoms. The monoisotopic (exact) mass is 367 g/mol. The molecule has 0 atom stereocenters.